The molecule has 0 aliphatic carbocycles. The van der Waals surface area contributed by atoms with Crippen LogP contribution in [0.1, 0.15) is 17.5 Å². The number of hydrogen-bond donors (Lipinski definition) is 0. The van der Waals surface area contributed by atoms with Crippen molar-refractivity contribution in [3.8, 4) is 11.1 Å². The average molecular weight is 437 g/mol. The molecule has 9 heteroatoms. The number of aryl methyl sites for hydroxylation is 1. The highest BCUT2D eigenvalue weighted by atomic mass is 32.1. The molecule has 1 aliphatic rings. The van der Waals surface area contributed by atoms with Crippen molar-refractivity contribution in [2.45, 2.75) is 20.1 Å². The molecule has 31 heavy (non-hydrogen) atoms. The quantitative estimate of drug-likeness (QED) is 0.454. The molecule has 0 saturated carbocycles. The lowest BCUT2D eigenvalue weighted by molar-refractivity contribution is 0.178. The molecule has 0 atom stereocenters. The van der Waals surface area contributed by atoms with Crippen molar-refractivity contribution in [2.75, 3.05) is 38.2 Å². The molecule has 3 aromatic heterocycles. The second-order valence-electron chi connectivity index (χ2n) is 7.58. The third-order valence-corrected chi connectivity index (χ3v) is 6.30. The number of hydrogen-bond acceptors (Lipinski definition) is 9. The Balaban J connectivity index is 1.44. The van der Waals surface area contributed by atoms with Crippen LogP contribution in [0.5, 0.6) is 0 Å². The predicted octanol–water partition coefficient (Wildman–Crippen LogP) is 3.52. The average Bonchev–Trinajstić information content (AvgIpc) is 3.40. The second kappa shape index (κ2) is 8.70. The van der Waals surface area contributed by atoms with Gasteiger partial charge in [0.2, 0.25) is 5.89 Å². The molecule has 4 aromatic rings. The molecule has 1 aliphatic heterocycles. The topological polar surface area (TPSA) is 80.4 Å². The summed E-state index contributed by atoms with van der Waals surface area (Å²) in [7, 11) is 1.68. The molecule has 0 radical (unpaired) electrons. The van der Waals surface area contributed by atoms with E-state index in [4.69, 9.17) is 19.2 Å². The molecule has 160 valence electrons. The first kappa shape index (κ1) is 20.0. The number of aromatic nitrogens is 4. The summed E-state index contributed by atoms with van der Waals surface area (Å²) in [4.78, 5) is 19.7. The lowest BCUT2D eigenvalue weighted by Gasteiger charge is -2.35. The summed E-state index contributed by atoms with van der Waals surface area (Å²) in [5.74, 6) is 3.05. The van der Waals surface area contributed by atoms with Crippen LogP contribution in [0.3, 0.4) is 0 Å². The van der Waals surface area contributed by atoms with E-state index in [9.17, 15) is 0 Å². The Kier molecular flexibility index (Phi) is 5.63. The van der Waals surface area contributed by atoms with Gasteiger partial charge in [0.25, 0.3) is 0 Å². The van der Waals surface area contributed by atoms with Gasteiger partial charge in [-0.3, -0.25) is 4.90 Å². The molecule has 1 aromatic carbocycles. The van der Waals surface area contributed by atoms with Crippen molar-refractivity contribution in [2.24, 2.45) is 0 Å². The van der Waals surface area contributed by atoms with Gasteiger partial charge in [0, 0.05) is 51.2 Å². The number of thiophene rings is 1. The molecular weight excluding hydrogens is 412 g/mol. The van der Waals surface area contributed by atoms with E-state index in [0.29, 0.717) is 19.0 Å². The van der Waals surface area contributed by atoms with Crippen molar-refractivity contribution in [1.29, 1.82) is 0 Å². The Morgan fingerprint density at radius 2 is 1.84 bits per heavy atom. The summed E-state index contributed by atoms with van der Waals surface area (Å²) in [6, 6.07) is 10.4. The van der Waals surface area contributed by atoms with Crippen molar-refractivity contribution in [1.82, 2.24) is 25.0 Å². The number of ether oxygens (including phenoxy) is 1. The van der Waals surface area contributed by atoms with Crippen LogP contribution in [0.4, 0.5) is 5.82 Å². The van der Waals surface area contributed by atoms with Crippen LogP contribution in [0.2, 0.25) is 0 Å². The first-order valence-corrected chi connectivity index (χ1v) is 11.2. The van der Waals surface area contributed by atoms with Crippen LogP contribution in [-0.2, 0) is 17.9 Å². The molecule has 5 rings (SSSR count). The van der Waals surface area contributed by atoms with Gasteiger partial charge in [-0.1, -0.05) is 35.5 Å². The zero-order valence-corrected chi connectivity index (χ0v) is 18.4. The highest BCUT2D eigenvalue weighted by molar-refractivity contribution is 7.17. The maximum atomic E-state index is 5.33. The van der Waals surface area contributed by atoms with Crippen LogP contribution >= 0.6 is 11.3 Å². The number of fused-ring (bicyclic) bond motifs is 1. The Morgan fingerprint density at radius 3 is 2.55 bits per heavy atom. The van der Waals surface area contributed by atoms with Gasteiger partial charge < -0.3 is 14.2 Å². The van der Waals surface area contributed by atoms with Crippen LogP contribution in [0.15, 0.2) is 40.2 Å². The summed E-state index contributed by atoms with van der Waals surface area (Å²) >= 11 is 1.66. The first-order valence-electron chi connectivity index (χ1n) is 10.3. The smallest absolute Gasteiger partial charge is 0.223 e. The summed E-state index contributed by atoms with van der Waals surface area (Å²) in [6.07, 6.45) is 0. The maximum Gasteiger partial charge on any atom is 0.223 e. The third kappa shape index (κ3) is 4.16. The lowest BCUT2D eigenvalue weighted by atomic mass is 10.1. The fraction of sp³-hybridized carbons (Fsp3) is 0.364. The summed E-state index contributed by atoms with van der Waals surface area (Å²) < 4.78 is 10.4. The van der Waals surface area contributed by atoms with E-state index in [2.05, 4.69) is 49.6 Å². The number of anilines is 1. The minimum absolute atomic E-state index is 0.401. The van der Waals surface area contributed by atoms with E-state index in [1.807, 2.05) is 13.0 Å². The Hall–Kier alpha value is -2.88. The van der Waals surface area contributed by atoms with Crippen molar-refractivity contribution in [3.63, 3.8) is 0 Å². The molecule has 8 nitrogen and oxygen atoms in total. The summed E-state index contributed by atoms with van der Waals surface area (Å²) in [6.45, 7) is 6.48. The van der Waals surface area contributed by atoms with Crippen LogP contribution in [-0.4, -0.2) is 58.3 Å². The predicted molar refractivity (Wildman–Crippen MR) is 120 cm³/mol. The summed E-state index contributed by atoms with van der Waals surface area (Å²) in [5.41, 5.74) is 2.37. The van der Waals surface area contributed by atoms with Crippen LogP contribution in [0.25, 0.3) is 21.3 Å². The number of nitrogens with zero attached hydrogens (tertiary/aromatic N) is 6. The van der Waals surface area contributed by atoms with Crippen molar-refractivity contribution < 1.29 is 9.26 Å². The minimum Gasteiger partial charge on any atom is -0.377 e. The third-order valence-electron chi connectivity index (χ3n) is 5.43. The van der Waals surface area contributed by atoms with E-state index >= 15 is 0 Å². The molecule has 0 N–H and O–H groups in total. The highest BCUT2D eigenvalue weighted by Gasteiger charge is 2.24. The zero-order valence-electron chi connectivity index (χ0n) is 17.6. The maximum absolute atomic E-state index is 5.33. The van der Waals surface area contributed by atoms with Gasteiger partial charge in [-0.25, -0.2) is 9.97 Å². The van der Waals surface area contributed by atoms with Gasteiger partial charge in [-0.15, -0.1) is 11.3 Å². The summed E-state index contributed by atoms with van der Waals surface area (Å²) in [5, 5.41) is 7.33. The molecule has 0 spiro atoms. The number of rotatable bonds is 6. The van der Waals surface area contributed by atoms with Gasteiger partial charge in [0.15, 0.2) is 11.6 Å². The van der Waals surface area contributed by atoms with E-state index in [1.54, 1.807) is 18.4 Å². The minimum atomic E-state index is 0.401. The van der Waals surface area contributed by atoms with Gasteiger partial charge >= 0.3 is 0 Å². The molecular formula is C22H24N6O2S. The van der Waals surface area contributed by atoms with Gasteiger partial charge in [0.05, 0.1) is 11.9 Å². The van der Waals surface area contributed by atoms with E-state index < -0.39 is 0 Å². The fourth-order valence-corrected chi connectivity index (χ4v) is 4.90. The molecule has 0 amide bonds. The SMILES string of the molecule is COCc1nc(N2CCN(Cc3noc(C)n3)CC2)c2c(-c3ccccc3)csc2n1. The monoisotopic (exact) mass is 436 g/mol. The molecule has 4 heterocycles. The normalized spacial score (nSPS) is 15.1. The van der Waals surface area contributed by atoms with E-state index in [-0.39, 0.29) is 0 Å². The second-order valence-corrected chi connectivity index (χ2v) is 8.44. The van der Waals surface area contributed by atoms with Gasteiger partial charge in [0.1, 0.15) is 17.3 Å². The Bertz CT molecular complexity index is 1170. The Morgan fingerprint density at radius 1 is 1.03 bits per heavy atom. The van der Waals surface area contributed by atoms with Crippen LogP contribution < -0.4 is 4.90 Å². The van der Waals surface area contributed by atoms with Gasteiger partial charge in [-0.2, -0.15) is 4.98 Å². The standard InChI is InChI=1S/C22H24N6O2S/c1-15-23-18(26-30-15)12-27-8-10-28(11-9-27)21-20-17(16-6-4-3-5-7-16)14-31-22(20)25-19(24-21)13-29-2/h3-7,14H,8-13H2,1-2H3. The van der Waals surface area contributed by atoms with E-state index in [1.165, 1.54) is 11.1 Å². The Labute approximate surface area is 184 Å². The highest BCUT2D eigenvalue weighted by Crippen LogP contribution is 2.38. The zero-order chi connectivity index (χ0) is 21.2. The fourth-order valence-electron chi connectivity index (χ4n) is 3.94. The van der Waals surface area contributed by atoms with Gasteiger partial charge in [-0.05, 0) is 5.56 Å². The number of piperazine rings is 1. The lowest BCUT2D eigenvalue weighted by Crippen LogP contribution is -2.46. The molecule has 0 unspecified atom stereocenters. The molecule has 1 fully saturated rings. The van der Waals surface area contributed by atoms with Crippen molar-refractivity contribution >= 4 is 27.4 Å². The van der Waals surface area contributed by atoms with Crippen LogP contribution in [0, 0.1) is 6.92 Å². The number of methoxy groups -OCH3 is 1. The molecule has 0 bridgehead atoms. The number of benzene rings is 1. The van der Waals surface area contributed by atoms with E-state index in [0.717, 1.165) is 53.9 Å². The first-order chi connectivity index (χ1) is 15.2. The largest absolute Gasteiger partial charge is 0.377 e. The van der Waals surface area contributed by atoms with Crippen molar-refractivity contribution in [3.05, 3.63) is 53.3 Å². The molecule has 1 saturated heterocycles.